The van der Waals surface area contributed by atoms with Crippen LogP contribution in [0.5, 0.6) is 0 Å². The van der Waals surface area contributed by atoms with Crippen LogP contribution in [0.4, 0.5) is 11.4 Å². The minimum Gasteiger partial charge on any atom is -0.397 e. The van der Waals surface area contributed by atoms with Crippen LogP contribution < -0.4 is 10.5 Å². The molecule has 0 amide bonds. The quantitative estimate of drug-likeness (QED) is 0.820. The average Bonchev–Trinajstić information content (AvgIpc) is 2.24. The fourth-order valence-electron chi connectivity index (χ4n) is 1.22. The van der Waals surface area contributed by atoms with Crippen molar-refractivity contribution in [3.05, 3.63) is 23.2 Å². The van der Waals surface area contributed by atoms with Crippen LogP contribution in [0, 0.1) is 11.3 Å². The van der Waals surface area contributed by atoms with Gasteiger partial charge >= 0.3 is 0 Å². The van der Waals surface area contributed by atoms with Crippen molar-refractivity contribution >= 4 is 33.0 Å². The molecule has 0 saturated carbocycles. The Labute approximate surface area is 105 Å². The van der Waals surface area contributed by atoms with Crippen LogP contribution in [0.3, 0.4) is 0 Å². The molecule has 17 heavy (non-hydrogen) atoms. The number of nitrogens with one attached hydrogen (secondary N) is 1. The third-order valence-corrected chi connectivity index (χ3v) is 4.08. The largest absolute Gasteiger partial charge is 0.397 e. The van der Waals surface area contributed by atoms with E-state index < -0.39 is 15.3 Å². The monoisotopic (exact) mass is 273 g/mol. The van der Waals surface area contributed by atoms with E-state index in [1.54, 1.807) is 19.1 Å². The Balaban J connectivity index is 3.06. The van der Waals surface area contributed by atoms with Gasteiger partial charge in [-0.1, -0.05) is 18.5 Å². The molecular weight excluding hydrogens is 262 g/mol. The summed E-state index contributed by atoms with van der Waals surface area (Å²) in [6, 6.07) is 6.17. The van der Waals surface area contributed by atoms with Crippen LogP contribution in [0.1, 0.15) is 13.3 Å². The van der Waals surface area contributed by atoms with Gasteiger partial charge in [0.05, 0.1) is 17.4 Å². The molecule has 1 unspecified atom stereocenters. The SMILES string of the molecule is CCC(C#N)S(=O)(=O)Nc1cc(Cl)ccc1N. The van der Waals surface area contributed by atoms with E-state index in [9.17, 15) is 8.42 Å². The van der Waals surface area contributed by atoms with E-state index in [0.717, 1.165) is 0 Å². The molecule has 0 spiro atoms. The van der Waals surface area contributed by atoms with E-state index in [0.29, 0.717) is 5.02 Å². The minimum atomic E-state index is -3.76. The normalized spacial score (nSPS) is 12.8. The van der Waals surface area contributed by atoms with Crippen LogP contribution in [0.25, 0.3) is 0 Å². The molecule has 5 nitrogen and oxygen atoms in total. The van der Waals surface area contributed by atoms with Crippen molar-refractivity contribution in [2.45, 2.75) is 18.6 Å². The third kappa shape index (κ3) is 3.25. The highest BCUT2D eigenvalue weighted by molar-refractivity contribution is 7.93. The van der Waals surface area contributed by atoms with Crippen molar-refractivity contribution in [3.63, 3.8) is 0 Å². The molecular formula is C10H12ClN3O2S. The Morgan fingerprint density at radius 3 is 2.76 bits per heavy atom. The first kappa shape index (κ1) is 13.6. The van der Waals surface area contributed by atoms with E-state index >= 15 is 0 Å². The lowest BCUT2D eigenvalue weighted by Crippen LogP contribution is -2.26. The maximum Gasteiger partial charge on any atom is 0.249 e. The zero-order valence-corrected chi connectivity index (χ0v) is 10.7. The molecule has 0 aliphatic carbocycles. The molecule has 1 atom stereocenters. The van der Waals surface area contributed by atoms with Gasteiger partial charge in [-0.15, -0.1) is 0 Å². The molecule has 1 rings (SSSR count). The van der Waals surface area contributed by atoms with Crippen LogP contribution in [0.2, 0.25) is 5.02 Å². The van der Waals surface area contributed by atoms with Crippen LogP contribution >= 0.6 is 11.6 Å². The van der Waals surface area contributed by atoms with Gasteiger partial charge in [0.1, 0.15) is 0 Å². The van der Waals surface area contributed by atoms with Crippen molar-refractivity contribution in [1.29, 1.82) is 5.26 Å². The molecule has 7 heteroatoms. The van der Waals surface area contributed by atoms with Crippen molar-refractivity contribution in [2.24, 2.45) is 0 Å². The fourth-order valence-corrected chi connectivity index (χ4v) is 2.60. The number of nitrogens with two attached hydrogens (primary N) is 1. The molecule has 0 aromatic heterocycles. The average molecular weight is 274 g/mol. The maximum atomic E-state index is 11.8. The summed E-state index contributed by atoms with van der Waals surface area (Å²) in [5, 5.41) is 7.99. The van der Waals surface area contributed by atoms with E-state index in [2.05, 4.69) is 4.72 Å². The number of hydrogen-bond acceptors (Lipinski definition) is 4. The minimum absolute atomic E-state index is 0.186. The molecule has 0 radical (unpaired) electrons. The van der Waals surface area contributed by atoms with Gasteiger partial charge in [-0.05, 0) is 24.6 Å². The van der Waals surface area contributed by atoms with E-state index in [1.807, 2.05) is 0 Å². The Bertz CT molecular complexity index is 551. The summed E-state index contributed by atoms with van der Waals surface area (Å²) >= 11 is 5.74. The lowest BCUT2D eigenvalue weighted by molar-refractivity contribution is 0.593. The van der Waals surface area contributed by atoms with Gasteiger partial charge in [-0.3, -0.25) is 4.72 Å². The second-order valence-corrected chi connectivity index (χ2v) is 5.70. The first-order chi connectivity index (χ1) is 7.90. The predicted octanol–water partition coefficient (Wildman–Crippen LogP) is 1.97. The van der Waals surface area contributed by atoms with E-state index in [4.69, 9.17) is 22.6 Å². The van der Waals surface area contributed by atoms with Gasteiger partial charge in [0.2, 0.25) is 10.0 Å². The number of sulfonamides is 1. The van der Waals surface area contributed by atoms with Gasteiger partial charge in [-0.2, -0.15) is 5.26 Å². The number of halogens is 1. The molecule has 0 fully saturated rings. The lowest BCUT2D eigenvalue weighted by Gasteiger charge is -2.13. The summed E-state index contributed by atoms with van der Waals surface area (Å²) in [5.74, 6) is 0. The van der Waals surface area contributed by atoms with Gasteiger partial charge in [0.25, 0.3) is 0 Å². The third-order valence-electron chi connectivity index (χ3n) is 2.16. The summed E-state index contributed by atoms with van der Waals surface area (Å²) in [6.07, 6.45) is 0.201. The number of anilines is 2. The Morgan fingerprint density at radius 1 is 1.59 bits per heavy atom. The standard InChI is InChI=1S/C10H12ClN3O2S/c1-2-8(6-12)17(15,16)14-10-5-7(11)3-4-9(10)13/h3-5,8,14H,2,13H2,1H3. The van der Waals surface area contributed by atoms with Gasteiger partial charge in [0.15, 0.2) is 5.25 Å². The second-order valence-electron chi connectivity index (χ2n) is 3.40. The van der Waals surface area contributed by atoms with Gasteiger partial charge in [0, 0.05) is 5.02 Å². The van der Waals surface area contributed by atoms with Crippen LogP contribution in [0.15, 0.2) is 18.2 Å². The van der Waals surface area contributed by atoms with Crippen molar-refractivity contribution in [2.75, 3.05) is 10.5 Å². The summed E-state index contributed by atoms with van der Waals surface area (Å²) < 4.78 is 25.9. The highest BCUT2D eigenvalue weighted by atomic mass is 35.5. The van der Waals surface area contributed by atoms with Crippen molar-refractivity contribution in [3.8, 4) is 6.07 Å². The molecule has 3 N–H and O–H groups in total. The number of rotatable bonds is 4. The summed E-state index contributed by atoms with van der Waals surface area (Å²) in [7, 11) is -3.76. The summed E-state index contributed by atoms with van der Waals surface area (Å²) in [5.41, 5.74) is 6.05. The number of hydrogen-bond donors (Lipinski definition) is 2. The molecule has 0 bridgehead atoms. The first-order valence-electron chi connectivity index (χ1n) is 4.87. The van der Waals surface area contributed by atoms with Crippen molar-refractivity contribution in [1.82, 2.24) is 0 Å². The summed E-state index contributed by atoms with van der Waals surface area (Å²) in [6.45, 7) is 1.62. The smallest absolute Gasteiger partial charge is 0.249 e. The molecule has 1 aromatic rings. The highest BCUT2D eigenvalue weighted by Gasteiger charge is 2.23. The second kappa shape index (κ2) is 5.25. The molecule has 0 saturated heterocycles. The Hall–Kier alpha value is -1.45. The van der Waals surface area contributed by atoms with Crippen LogP contribution in [-0.4, -0.2) is 13.7 Å². The fraction of sp³-hybridized carbons (Fsp3) is 0.300. The van der Waals surface area contributed by atoms with Crippen LogP contribution in [-0.2, 0) is 10.0 Å². The van der Waals surface area contributed by atoms with Gasteiger partial charge < -0.3 is 5.73 Å². The number of nitrogens with zero attached hydrogens (tertiary/aromatic N) is 1. The number of nitriles is 1. The highest BCUT2D eigenvalue weighted by Crippen LogP contribution is 2.24. The number of nitrogen functional groups attached to an aromatic ring is 1. The predicted molar refractivity (Wildman–Crippen MR) is 68.1 cm³/mol. The topological polar surface area (TPSA) is 96.0 Å². The first-order valence-corrected chi connectivity index (χ1v) is 6.79. The molecule has 1 aromatic carbocycles. The Morgan fingerprint density at radius 2 is 2.24 bits per heavy atom. The molecule has 0 aliphatic rings. The maximum absolute atomic E-state index is 11.8. The molecule has 92 valence electrons. The zero-order valence-electron chi connectivity index (χ0n) is 9.14. The zero-order chi connectivity index (χ0) is 13.1. The van der Waals surface area contributed by atoms with Gasteiger partial charge in [-0.25, -0.2) is 8.42 Å². The molecule has 0 heterocycles. The molecule has 0 aliphatic heterocycles. The summed E-state index contributed by atoms with van der Waals surface area (Å²) in [4.78, 5) is 0. The van der Waals surface area contributed by atoms with Crippen molar-refractivity contribution < 1.29 is 8.42 Å². The Kier molecular flexibility index (Phi) is 4.21. The lowest BCUT2D eigenvalue weighted by atomic mass is 10.3. The van der Waals surface area contributed by atoms with E-state index in [1.165, 1.54) is 12.1 Å². The van der Waals surface area contributed by atoms with E-state index in [-0.39, 0.29) is 17.8 Å². The number of benzene rings is 1.